The van der Waals surface area contributed by atoms with E-state index in [2.05, 4.69) is 29.5 Å². The first-order chi connectivity index (χ1) is 15.4. The Morgan fingerprint density at radius 2 is 1.72 bits per heavy atom. The van der Waals surface area contributed by atoms with E-state index in [-0.39, 0.29) is 18.4 Å². The van der Waals surface area contributed by atoms with E-state index in [0.717, 1.165) is 17.1 Å². The summed E-state index contributed by atoms with van der Waals surface area (Å²) in [5.74, 6) is 0.987. The van der Waals surface area contributed by atoms with E-state index in [0.29, 0.717) is 33.7 Å². The molecule has 8 heteroatoms. The average molecular weight is 454 g/mol. The van der Waals surface area contributed by atoms with Crippen molar-refractivity contribution in [1.29, 1.82) is 0 Å². The number of thiazole rings is 1. The molecule has 3 aromatic rings. The zero-order valence-corrected chi connectivity index (χ0v) is 19.4. The number of nitrogens with one attached hydrogen (secondary N) is 2. The molecule has 0 aliphatic rings. The minimum atomic E-state index is -0.323. The van der Waals surface area contributed by atoms with Crippen LogP contribution in [-0.4, -0.2) is 30.5 Å². The molecule has 0 saturated heterocycles. The second kappa shape index (κ2) is 10.8. The van der Waals surface area contributed by atoms with Gasteiger partial charge in [-0.05, 0) is 43.2 Å². The standard InChI is InChI=1S/C24H27N3O4S/c1-15(2)12-22-25-16(3)23(32-22)24(29)27-18-9-7-8-17(13-18)26-21(28)14-31-20-11-6-5-10-19(20)30-4/h5-11,13,15H,12,14H2,1-4H3,(H,26,28)(H,27,29). The molecule has 1 heterocycles. The SMILES string of the molecule is COc1ccccc1OCC(=O)Nc1cccc(NC(=O)c2sc(CC(C)C)nc2C)c1. The van der Waals surface area contributed by atoms with Crippen molar-refractivity contribution >= 4 is 34.5 Å². The summed E-state index contributed by atoms with van der Waals surface area (Å²) >= 11 is 1.42. The van der Waals surface area contributed by atoms with Crippen LogP contribution in [0.3, 0.4) is 0 Å². The lowest BCUT2D eigenvalue weighted by Crippen LogP contribution is -2.20. The van der Waals surface area contributed by atoms with Crippen molar-refractivity contribution in [2.75, 3.05) is 24.4 Å². The monoisotopic (exact) mass is 453 g/mol. The van der Waals surface area contributed by atoms with Crippen LogP contribution in [0.15, 0.2) is 48.5 Å². The van der Waals surface area contributed by atoms with E-state index in [4.69, 9.17) is 9.47 Å². The maximum absolute atomic E-state index is 12.7. The van der Waals surface area contributed by atoms with Crippen LogP contribution in [0, 0.1) is 12.8 Å². The van der Waals surface area contributed by atoms with Crippen LogP contribution in [0.2, 0.25) is 0 Å². The Kier molecular flexibility index (Phi) is 7.83. The molecular formula is C24H27N3O4S. The Morgan fingerprint density at radius 3 is 2.41 bits per heavy atom. The van der Waals surface area contributed by atoms with Crippen molar-refractivity contribution < 1.29 is 19.1 Å². The Morgan fingerprint density at radius 1 is 1.03 bits per heavy atom. The molecule has 3 rings (SSSR count). The van der Waals surface area contributed by atoms with Gasteiger partial charge in [-0.2, -0.15) is 0 Å². The molecule has 0 atom stereocenters. The van der Waals surface area contributed by atoms with E-state index in [1.807, 2.05) is 13.0 Å². The highest BCUT2D eigenvalue weighted by atomic mass is 32.1. The lowest BCUT2D eigenvalue weighted by Gasteiger charge is -2.11. The number of hydrogen-bond acceptors (Lipinski definition) is 6. The molecule has 2 aromatic carbocycles. The lowest BCUT2D eigenvalue weighted by atomic mass is 10.1. The second-order valence-corrected chi connectivity index (χ2v) is 8.73. The predicted octanol–water partition coefficient (Wildman–Crippen LogP) is 4.93. The zero-order valence-electron chi connectivity index (χ0n) is 18.6. The number of benzene rings is 2. The average Bonchev–Trinajstić information content (AvgIpc) is 3.12. The molecule has 0 aliphatic heterocycles. The smallest absolute Gasteiger partial charge is 0.267 e. The number of carbonyl (C=O) groups excluding carboxylic acids is 2. The Balaban J connectivity index is 1.60. The highest BCUT2D eigenvalue weighted by Gasteiger charge is 2.16. The van der Waals surface area contributed by atoms with E-state index >= 15 is 0 Å². The molecule has 0 aliphatic carbocycles. The molecule has 0 fully saturated rings. The summed E-state index contributed by atoms with van der Waals surface area (Å²) in [5, 5.41) is 6.62. The summed E-state index contributed by atoms with van der Waals surface area (Å²) in [6, 6.07) is 14.1. The fraction of sp³-hybridized carbons (Fsp3) is 0.292. The number of ether oxygens (including phenoxy) is 2. The van der Waals surface area contributed by atoms with Crippen molar-refractivity contribution in [3.05, 3.63) is 64.1 Å². The minimum Gasteiger partial charge on any atom is -0.493 e. The predicted molar refractivity (Wildman–Crippen MR) is 127 cm³/mol. The fourth-order valence-electron chi connectivity index (χ4n) is 3.04. The fourth-order valence-corrected chi connectivity index (χ4v) is 4.21. The van der Waals surface area contributed by atoms with E-state index in [1.165, 1.54) is 11.3 Å². The van der Waals surface area contributed by atoms with Crippen LogP contribution in [0.4, 0.5) is 11.4 Å². The van der Waals surface area contributed by atoms with Crippen molar-refractivity contribution in [2.45, 2.75) is 27.2 Å². The largest absolute Gasteiger partial charge is 0.493 e. The van der Waals surface area contributed by atoms with Crippen LogP contribution >= 0.6 is 11.3 Å². The van der Waals surface area contributed by atoms with Gasteiger partial charge in [0.05, 0.1) is 17.8 Å². The number of carbonyl (C=O) groups is 2. The summed E-state index contributed by atoms with van der Waals surface area (Å²) in [4.78, 5) is 30.1. The minimum absolute atomic E-state index is 0.171. The number of nitrogens with zero attached hydrogens (tertiary/aromatic N) is 1. The molecule has 7 nitrogen and oxygen atoms in total. The molecule has 0 radical (unpaired) electrons. The van der Waals surface area contributed by atoms with Crippen LogP contribution < -0.4 is 20.1 Å². The molecular weight excluding hydrogens is 426 g/mol. The summed E-state index contributed by atoms with van der Waals surface area (Å²) in [5.41, 5.74) is 1.86. The Hall–Kier alpha value is -3.39. The topological polar surface area (TPSA) is 89.5 Å². The van der Waals surface area contributed by atoms with Gasteiger partial charge in [0, 0.05) is 17.8 Å². The molecule has 0 saturated carbocycles. The molecule has 2 N–H and O–H groups in total. The molecule has 168 valence electrons. The van der Waals surface area contributed by atoms with Crippen LogP contribution in [-0.2, 0) is 11.2 Å². The third-order valence-corrected chi connectivity index (χ3v) is 5.64. The third kappa shape index (κ3) is 6.31. The van der Waals surface area contributed by atoms with E-state index in [9.17, 15) is 9.59 Å². The highest BCUT2D eigenvalue weighted by Crippen LogP contribution is 2.26. The van der Waals surface area contributed by atoms with Gasteiger partial charge in [0.2, 0.25) is 0 Å². The maximum atomic E-state index is 12.7. The molecule has 1 aromatic heterocycles. The van der Waals surface area contributed by atoms with E-state index in [1.54, 1.807) is 49.6 Å². The summed E-state index contributed by atoms with van der Waals surface area (Å²) in [6.45, 7) is 5.92. The molecule has 0 bridgehead atoms. The van der Waals surface area contributed by atoms with Gasteiger partial charge in [0.25, 0.3) is 11.8 Å². The van der Waals surface area contributed by atoms with Gasteiger partial charge in [-0.1, -0.05) is 32.0 Å². The number of anilines is 2. The van der Waals surface area contributed by atoms with Crippen molar-refractivity contribution in [3.63, 3.8) is 0 Å². The Labute approximate surface area is 191 Å². The van der Waals surface area contributed by atoms with Gasteiger partial charge < -0.3 is 20.1 Å². The van der Waals surface area contributed by atoms with Gasteiger partial charge in [-0.25, -0.2) is 4.98 Å². The first kappa shape index (κ1) is 23.3. The third-order valence-electron chi connectivity index (χ3n) is 4.46. The summed E-state index contributed by atoms with van der Waals surface area (Å²) in [7, 11) is 1.54. The first-order valence-corrected chi connectivity index (χ1v) is 11.1. The first-order valence-electron chi connectivity index (χ1n) is 10.3. The highest BCUT2D eigenvalue weighted by molar-refractivity contribution is 7.13. The number of rotatable bonds is 9. The number of aryl methyl sites for hydroxylation is 1. The number of para-hydroxylation sites is 2. The second-order valence-electron chi connectivity index (χ2n) is 7.64. The van der Waals surface area contributed by atoms with Crippen molar-refractivity contribution in [1.82, 2.24) is 4.98 Å². The van der Waals surface area contributed by atoms with Crippen LogP contribution in [0.1, 0.15) is 34.2 Å². The van der Waals surface area contributed by atoms with Gasteiger partial charge >= 0.3 is 0 Å². The van der Waals surface area contributed by atoms with E-state index < -0.39 is 0 Å². The van der Waals surface area contributed by atoms with Gasteiger partial charge in [0.1, 0.15) is 4.88 Å². The quantitative estimate of drug-likeness (QED) is 0.480. The molecule has 0 unspecified atom stereocenters. The number of aromatic nitrogens is 1. The number of amides is 2. The maximum Gasteiger partial charge on any atom is 0.267 e. The van der Waals surface area contributed by atoms with Crippen LogP contribution in [0.5, 0.6) is 11.5 Å². The zero-order chi connectivity index (χ0) is 23.1. The van der Waals surface area contributed by atoms with Crippen molar-refractivity contribution in [2.24, 2.45) is 5.92 Å². The van der Waals surface area contributed by atoms with Crippen molar-refractivity contribution in [3.8, 4) is 11.5 Å². The van der Waals surface area contributed by atoms with Gasteiger partial charge in [0.15, 0.2) is 18.1 Å². The lowest BCUT2D eigenvalue weighted by molar-refractivity contribution is -0.118. The molecule has 0 spiro atoms. The number of hydrogen-bond donors (Lipinski definition) is 2. The number of methoxy groups -OCH3 is 1. The summed E-state index contributed by atoms with van der Waals surface area (Å²) < 4.78 is 10.8. The Bertz CT molecular complexity index is 1090. The molecule has 2 amide bonds. The van der Waals surface area contributed by atoms with Gasteiger partial charge in [-0.15, -0.1) is 11.3 Å². The normalized spacial score (nSPS) is 10.7. The van der Waals surface area contributed by atoms with Crippen LogP contribution in [0.25, 0.3) is 0 Å². The molecule has 32 heavy (non-hydrogen) atoms. The summed E-state index contributed by atoms with van der Waals surface area (Å²) in [6.07, 6.45) is 0.844. The van der Waals surface area contributed by atoms with Gasteiger partial charge in [-0.3, -0.25) is 9.59 Å².